The van der Waals surface area contributed by atoms with Crippen molar-refractivity contribution in [2.75, 3.05) is 18.8 Å². The number of rotatable bonds is 17. The Kier molecular flexibility index (Phi) is 12.4. The lowest BCUT2D eigenvalue weighted by Crippen LogP contribution is -2.42. The molecule has 2 heterocycles. The molecule has 0 spiro atoms. The predicted molar refractivity (Wildman–Crippen MR) is 188 cm³/mol. The van der Waals surface area contributed by atoms with Gasteiger partial charge in [-0.1, -0.05) is 73.5 Å². The zero-order valence-electron chi connectivity index (χ0n) is 27.6. The molecule has 10 nitrogen and oxygen atoms in total. The van der Waals surface area contributed by atoms with Gasteiger partial charge in [0.1, 0.15) is 5.52 Å². The average molecular weight is 708 g/mol. The summed E-state index contributed by atoms with van der Waals surface area (Å²) in [7, 11) is -3.19. The summed E-state index contributed by atoms with van der Waals surface area (Å²) in [6.45, 7) is 2.57. The molecule has 2 N–H and O–H groups in total. The number of para-hydroxylation sites is 2. The lowest BCUT2D eigenvalue weighted by Gasteiger charge is -2.25. The summed E-state index contributed by atoms with van der Waals surface area (Å²) in [5, 5.41) is 0.612. The summed E-state index contributed by atoms with van der Waals surface area (Å²) in [5.41, 5.74) is 9.04. The monoisotopic (exact) mass is 707 g/mol. The van der Waals surface area contributed by atoms with E-state index in [2.05, 4.69) is 4.98 Å². The van der Waals surface area contributed by atoms with E-state index in [1.165, 1.54) is 0 Å². The molecule has 12 heteroatoms. The third kappa shape index (κ3) is 9.85. The molecule has 5 rings (SSSR count). The number of oxazole rings is 1. The van der Waals surface area contributed by atoms with Crippen LogP contribution >= 0.6 is 11.6 Å². The Morgan fingerprint density at radius 2 is 1.69 bits per heavy atom. The van der Waals surface area contributed by atoms with Crippen LogP contribution in [-0.4, -0.2) is 66.8 Å². The number of sulfone groups is 1. The summed E-state index contributed by atoms with van der Waals surface area (Å²) >= 11 is 6.03. The standard InChI is InChI=1S/C37H42ClN3O7S/c1-2-49(45,46)24-27-12-10-25(11-13-27)19-35(43)41-22-30(47-23-26-14-16-29(38)17-15-26)21-32(41)33(42)20-28(7-5-6-18-39)36(44)37-40-31-8-3-4-9-34(31)48-37/h3-4,8-17,28,30,32H,2,5-7,18-24,39H2,1H3/t28-,30-,32+/m1/s1. The molecular weight excluding hydrogens is 666 g/mol. The number of nitrogens with two attached hydrogens (primary N) is 1. The Bertz CT molecular complexity index is 1830. The van der Waals surface area contributed by atoms with Gasteiger partial charge in [-0.25, -0.2) is 13.4 Å². The first-order chi connectivity index (χ1) is 23.5. The molecule has 1 aliphatic rings. The van der Waals surface area contributed by atoms with Crippen LogP contribution in [0, 0.1) is 5.92 Å². The van der Waals surface area contributed by atoms with Crippen molar-refractivity contribution in [3.63, 3.8) is 0 Å². The second-order valence-electron chi connectivity index (χ2n) is 12.5. The molecule has 0 saturated carbocycles. The first kappa shape index (κ1) is 36.4. The number of carbonyl (C=O) groups excluding carboxylic acids is 3. The molecule has 1 saturated heterocycles. The molecule has 4 aromatic rings. The number of carbonyl (C=O) groups is 3. The van der Waals surface area contributed by atoms with Crippen LogP contribution in [0.3, 0.4) is 0 Å². The molecule has 1 fully saturated rings. The van der Waals surface area contributed by atoms with Gasteiger partial charge in [0.2, 0.25) is 11.7 Å². The number of likely N-dealkylation sites (tertiary alicyclic amines) is 1. The van der Waals surface area contributed by atoms with Crippen LogP contribution in [0.25, 0.3) is 11.1 Å². The first-order valence-electron chi connectivity index (χ1n) is 16.6. The van der Waals surface area contributed by atoms with Gasteiger partial charge in [0.05, 0.1) is 30.9 Å². The largest absolute Gasteiger partial charge is 0.434 e. The fraction of sp³-hybridized carbons (Fsp3) is 0.405. The van der Waals surface area contributed by atoms with Gasteiger partial charge >= 0.3 is 0 Å². The highest BCUT2D eigenvalue weighted by Crippen LogP contribution is 2.29. The third-order valence-electron chi connectivity index (χ3n) is 8.89. The smallest absolute Gasteiger partial charge is 0.264 e. The van der Waals surface area contributed by atoms with Gasteiger partial charge in [0.25, 0.3) is 5.89 Å². The van der Waals surface area contributed by atoms with Crippen LogP contribution in [-0.2, 0) is 42.9 Å². The minimum atomic E-state index is -3.19. The highest BCUT2D eigenvalue weighted by molar-refractivity contribution is 7.90. The minimum absolute atomic E-state index is 0.0241. The fourth-order valence-electron chi connectivity index (χ4n) is 6.07. The van der Waals surface area contributed by atoms with Crippen molar-refractivity contribution in [3.8, 4) is 0 Å². The SMILES string of the molecule is CCS(=O)(=O)Cc1ccc(CC(=O)N2C[C@H](OCc3ccc(Cl)cc3)C[C@H]2C(=O)C[C@@H](CCCCN)C(=O)c2nc3ccccc3o2)cc1. The summed E-state index contributed by atoms with van der Waals surface area (Å²) in [6.07, 6.45) is 1.60. The van der Waals surface area contributed by atoms with Crippen LogP contribution in [0.2, 0.25) is 5.02 Å². The topological polar surface area (TPSA) is 150 Å². The average Bonchev–Trinajstić information content (AvgIpc) is 3.73. The molecule has 49 heavy (non-hydrogen) atoms. The molecule has 1 aliphatic heterocycles. The number of nitrogens with zero attached hydrogens (tertiary/aromatic N) is 2. The van der Waals surface area contributed by atoms with Crippen LogP contribution in [0.4, 0.5) is 0 Å². The van der Waals surface area contributed by atoms with Crippen LogP contribution < -0.4 is 5.73 Å². The number of ether oxygens (including phenoxy) is 1. The zero-order valence-corrected chi connectivity index (χ0v) is 29.1. The van der Waals surface area contributed by atoms with E-state index in [9.17, 15) is 22.8 Å². The van der Waals surface area contributed by atoms with Crippen molar-refractivity contribution < 1.29 is 32.0 Å². The van der Waals surface area contributed by atoms with Crippen molar-refractivity contribution in [1.82, 2.24) is 9.88 Å². The van der Waals surface area contributed by atoms with Crippen molar-refractivity contribution in [1.29, 1.82) is 0 Å². The van der Waals surface area contributed by atoms with Gasteiger partial charge in [-0.05, 0) is 60.3 Å². The van der Waals surface area contributed by atoms with E-state index in [-0.39, 0.29) is 60.9 Å². The van der Waals surface area contributed by atoms with Crippen molar-refractivity contribution in [2.45, 2.75) is 70.0 Å². The predicted octanol–water partition coefficient (Wildman–Crippen LogP) is 5.73. The van der Waals surface area contributed by atoms with E-state index in [1.807, 2.05) is 18.2 Å². The number of aromatic nitrogens is 1. The maximum absolute atomic E-state index is 14.1. The Balaban J connectivity index is 1.33. The van der Waals surface area contributed by atoms with E-state index in [4.69, 9.17) is 26.5 Å². The number of benzene rings is 3. The molecule has 0 radical (unpaired) electrons. The first-order valence-corrected chi connectivity index (χ1v) is 18.8. The maximum Gasteiger partial charge on any atom is 0.264 e. The quantitative estimate of drug-likeness (QED) is 0.107. The fourth-order valence-corrected chi connectivity index (χ4v) is 7.10. The number of hydrogen-bond donors (Lipinski definition) is 1. The van der Waals surface area contributed by atoms with Gasteiger partial charge in [-0.3, -0.25) is 14.4 Å². The molecule has 0 aliphatic carbocycles. The van der Waals surface area contributed by atoms with Crippen LogP contribution in [0.15, 0.2) is 77.2 Å². The van der Waals surface area contributed by atoms with E-state index < -0.39 is 27.9 Å². The van der Waals surface area contributed by atoms with E-state index >= 15 is 0 Å². The highest BCUT2D eigenvalue weighted by atomic mass is 35.5. The van der Waals surface area contributed by atoms with Gasteiger partial charge in [-0.15, -0.1) is 0 Å². The molecule has 0 bridgehead atoms. The zero-order chi connectivity index (χ0) is 35.0. The van der Waals surface area contributed by atoms with E-state index in [0.717, 1.165) is 5.56 Å². The highest BCUT2D eigenvalue weighted by Gasteiger charge is 2.41. The normalized spacial score (nSPS) is 17.0. The molecule has 1 aromatic heterocycles. The summed E-state index contributed by atoms with van der Waals surface area (Å²) in [4.78, 5) is 47.5. The molecule has 1 amide bonds. The summed E-state index contributed by atoms with van der Waals surface area (Å²) in [5.74, 6) is -1.58. The number of ketones is 2. The lowest BCUT2D eigenvalue weighted by molar-refractivity contribution is -0.137. The Labute approximate surface area is 291 Å². The van der Waals surface area contributed by atoms with E-state index in [0.29, 0.717) is 59.5 Å². The number of fused-ring (bicyclic) bond motifs is 1. The molecule has 3 atom stereocenters. The van der Waals surface area contributed by atoms with E-state index in [1.54, 1.807) is 66.4 Å². The number of unbranched alkanes of at least 4 members (excludes halogenated alkanes) is 1. The van der Waals surface area contributed by atoms with Crippen molar-refractivity contribution >= 4 is 50.0 Å². The second-order valence-corrected chi connectivity index (χ2v) is 15.3. The van der Waals surface area contributed by atoms with Gasteiger partial charge in [0.15, 0.2) is 21.2 Å². The number of hydrogen-bond acceptors (Lipinski definition) is 9. The van der Waals surface area contributed by atoms with Gasteiger partial charge in [0, 0.05) is 36.1 Å². The third-order valence-corrected chi connectivity index (χ3v) is 10.8. The molecule has 3 aromatic carbocycles. The minimum Gasteiger partial charge on any atom is -0.434 e. The lowest BCUT2D eigenvalue weighted by atomic mass is 9.89. The van der Waals surface area contributed by atoms with Gasteiger partial charge in [-0.2, -0.15) is 0 Å². The summed E-state index contributed by atoms with van der Waals surface area (Å²) < 4.78 is 36.1. The van der Waals surface area contributed by atoms with Crippen molar-refractivity contribution in [3.05, 3.63) is 100 Å². The Morgan fingerprint density at radius 1 is 1.00 bits per heavy atom. The molecule has 260 valence electrons. The maximum atomic E-state index is 14.1. The summed E-state index contributed by atoms with van der Waals surface area (Å²) in [6, 6.07) is 20.5. The Morgan fingerprint density at radius 3 is 2.39 bits per heavy atom. The van der Waals surface area contributed by atoms with Crippen LogP contribution in [0.5, 0.6) is 0 Å². The van der Waals surface area contributed by atoms with Crippen LogP contribution in [0.1, 0.15) is 66.4 Å². The molecule has 0 unspecified atom stereocenters. The van der Waals surface area contributed by atoms with Crippen molar-refractivity contribution in [2.24, 2.45) is 11.7 Å². The number of halogens is 1. The number of Topliss-reactive ketones (excluding diaryl/α,β-unsaturated/α-hetero) is 2. The Hall–Kier alpha value is -3.90. The number of amides is 1. The van der Waals surface area contributed by atoms with Gasteiger partial charge < -0.3 is 19.8 Å². The molecular formula is C37H42ClN3O7S. The second kappa shape index (κ2) is 16.7.